The van der Waals surface area contributed by atoms with Gasteiger partial charge in [-0.05, 0) is 31.4 Å². The monoisotopic (exact) mass is 179 g/mol. The smallest absolute Gasteiger partial charge is 0.176 e. The van der Waals surface area contributed by atoms with Crippen molar-refractivity contribution in [2.75, 3.05) is 0 Å². The van der Waals surface area contributed by atoms with Crippen molar-refractivity contribution < 1.29 is 4.79 Å². The van der Waals surface area contributed by atoms with Crippen LogP contribution < -0.4 is 0 Å². The van der Waals surface area contributed by atoms with Gasteiger partial charge >= 0.3 is 0 Å². The summed E-state index contributed by atoms with van der Waals surface area (Å²) in [6, 6.07) is 0. The lowest BCUT2D eigenvalue weighted by atomic mass is 10.1. The first-order chi connectivity index (χ1) is 6.00. The molecule has 0 aliphatic rings. The molecule has 1 heterocycles. The van der Waals surface area contributed by atoms with Crippen LogP contribution >= 0.6 is 0 Å². The summed E-state index contributed by atoms with van der Waals surface area (Å²) in [7, 11) is 1.96. The van der Waals surface area contributed by atoms with Gasteiger partial charge in [0.1, 0.15) is 0 Å². The lowest BCUT2D eigenvalue weighted by Crippen LogP contribution is -2.03. The van der Waals surface area contributed by atoms with Crippen LogP contribution in [0.5, 0.6) is 0 Å². The van der Waals surface area contributed by atoms with Crippen LogP contribution in [0.3, 0.4) is 0 Å². The first-order valence-electron chi connectivity index (χ1n) is 4.66. The molecule has 0 radical (unpaired) electrons. The van der Waals surface area contributed by atoms with E-state index in [9.17, 15) is 4.79 Å². The fourth-order valence-corrected chi connectivity index (χ4v) is 2.06. The molecule has 0 aromatic carbocycles. The molecule has 0 bridgehead atoms. The summed E-state index contributed by atoms with van der Waals surface area (Å²) < 4.78 is 2.00. The van der Waals surface area contributed by atoms with Gasteiger partial charge in [-0.15, -0.1) is 0 Å². The van der Waals surface area contributed by atoms with Crippen molar-refractivity contribution in [3.05, 3.63) is 22.5 Å². The van der Waals surface area contributed by atoms with E-state index in [-0.39, 0.29) is 5.78 Å². The maximum atomic E-state index is 11.3. The number of hydrogen-bond donors (Lipinski definition) is 0. The van der Waals surface area contributed by atoms with E-state index in [0.29, 0.717) is 0 Å². The number of hydrogen-bond acceptors (Lipinski definition) is 1. The lowest BCUT2D eigenvalue weighted by molar-refractivity contribution is 0.100. The quantitative estimate of drug-likeness (QED) is 0.639. The number of carbonyl (C=O) groups excluding carboxylic acids is 1. The Hall–Kier alpha value is -1.05. The molecule has 0 amide bonds. The highest BCUT2D eigenvalue weighted by molar-refractivity contribution is 5.94. The molecular formula is C11H17NO. The summed E-state index contributed by atoms with van der Waals surface area (Å²) in [5, 5.41) is 0. The topological polar surface area (TPSA) is 22.0 Å². The van der Waals surface area contributed by atoms with Crippen molar-refractivity contribution in [2.24, 2.45) is 7.05 Å². The minimum atomic E-state index is 0.155. The molecule has 0 saturated heterocycles. The average molecular weight is 179 g/mol. The largest absolute Gasteiger partial charge is 0.345 e. The van der Waals surface area contributed by atoms with E-state index in [1.807, 2.05) is 18.5 Å². The fraction of sp³-hybridized carbons (Fsp3) is 0.545. The van der Waals surface area contributed by atoms with Gasteiger partial charge in [0.15, 0.2) is 5.78 Å². The van der Waals surface area contributed by atoms with E-state index < -0.39 is 0 Å². The Labute approximate surface area is 79.6 Å². The van der Waals surface area contributed by atoms with Crippen LogP contribution in [-0.4, -0.2) is 10.4 Å². The van der Waals surface area contributed by atoms with Crippen molar-refractivity contribution in [1.29, 1.82) is 0 Å². The average Bonchev–Trinajstić information content (AvgIpc) is 2.24. The summed E-state index contributed by atoms with van der Waals surface area (Å²) in [5.41, 5.74) is 4.53. The number of Topliss-reactive ketones (excluding diaryl/α,β-unsaturated/α-hetero) is 1. The van der Waals surface area contributed by atoms with Gasteiger partial charge in [0.05, 0.1) is 5.69 Å². The molecule has 1 aromatic heterocycles. The summed E-state index contributed by atoms with van der Waals surface area (Å²) in [6.07, 6.45) is 0.999. The molecule has 72 valence electrons. The third kappa shape index (κ3) is 1.41. The first-order valence-corrected chi connectivity index (χ1v) is 4.66. The van der Waals surface area contributed by atoms with Crippen LogP contribution in [0.1, 0.15) is 41.2 Å². The van der Waals surface area contributed by atoms with Crippen molar-refractivity contribution in [2.45, 2.75) is 34.1 Å². The Morgan fingerprint density at radius 3 is 2.15 bits per heavy atom. The highest BCUT2D eigenvalue weighted by Crippen LogP contribution is 2.21. The minimum absolute atomic E-state index is 0.155. The second-order valence-corrected chi connectivity index (χ2v) is 3.51. The standard InChI is InChI=1S/C11H17NO/c1-6-10-7(2)11(9(4)13)12(5)8(10)3/h6H2,1-5H3. The molecule has 1 aromatic rings. The van der Waals surface area contributed by atoms with Crippen molar-refractivity contribution in [1.82, 2.24) is 4.57 Å². The zero-order valence-electron chi connectivity index (χ0n) is 9.06. The molecule has 0 unspecified atom stereocenters. The number of rotatable bonds is 2. The molecule has 2 nitrogen and oxygen atoms in total. The predicted octanol–water partition coefficient (Wildman–Crippen LogP) is 2.41. The van der Waals surface area contributed by atoms with Gasteiger partial charge in [-0.3, -0.25) is 4.79 Å². The Bertz CT molecular complexity index is 347. The summed E-state index contributed by atoms with van der Waals surface area (Å²) >= 11 is 0. The minimum Gasteiger partial charge on any atom is -0.345 e. The number of nitrogens with zero attached hydrogens (tertiary/aromatic N) is 1. The Balaban J connectivity index is 3.45. The Kier molecular flexibility index (Phi) is 2.60. The maximum Gasteiger partial charge on any atom is 0.176 e. The van der Waals surface area contributed by atoms with E-state index >= 15 is 0 Å². The Morgan fingerprint density at radius 2 is 1.92 bits per heavy atom. The van der Waals surface area contributed by atoms with Gasteiger partial charge in [-0.1, -0.05) is 6.92 Å². The second-order valence-electron chi connectivity index (χ2n) is 3.51. The summed E-state index contributed by atoms with van der Waals surface area (Å²) in [5.74, 6) is 0.155. The van der Waals surface area contributed by atoms with Crippen LogP contribution in [-0.2, 0) is 13.5 Å². The normalized spacial score (nSPS) is 10.5. The van der Waals surface area contributed by atoms with Crippen LogP contribution in [0.15, 0.2) is 0 Å². The van der Waals surface area contributed by atoms with Gasteiger partial charge in [-0.2, -0.15) is 0 Å². The number of carbonyl (C=O) groups is 1. The van der Waals surface area contributed by atoms with Gasteiger partial charge in [0.25, 0.3) is 0 Å². The predicted molar refractivity (Wildman–Crippen MR) is 54.3 cm³/mol. The molecule has 0 N–H and O–H groups in total. The van der Waals surface area contributed by atoms with Crippen molar-refractivity contribution in [3.63, 3.8) is 0 Å². The molecule has 13 heavy (non-hydrogen) atoms. The maximum absolute atomic E-state index is 11.3. The molecule has 0 spiro atoms. The number of aromatic nitrogens is 1. The van der Waals surface area contributed by atoms with E-state index in [4.69, 9.17) is 0 Å². The van der Waals surface area contributed by atoms with Crippen LogP contribution in [0.2, 0.25) is 0 Å². The summed E-state index contributed by atoms with van der Waals surface area (Å²) in [6.45, 7) is 7.85. The SMILES string of the molecule is CCc1c(C)c(C(C)=O)n(C)c1C. The van der Waals surface area contributed by atoms with Gasteiger partial charge in [0.2, 0.25) is 0 Å². The Morgan fingerprint density at radius 1 is 1.38 bits per heavy atom. The van der Waals surface area contributed by atoms with E-state index in [1.54, 1.807) is 6.92 Å². The van der Waals surface area contributed by atoms with E-state index in [0.717, 1.165) is 17.7 Å². The zero-order chi connectivity index (χ0) is 10.2. The molecule has 1 rings (SSSR count). The highest BCUT2D eigenvalue weighted by Gasteiger charge is 2.16. The molecule has 0 atom stereocenters. The van der Waals surface area contributed by atoms with E-state index in [2.05, 4.69) is 13.8 Å². The third-order valence-corrected chi connectivity index (χ3v) is 2.77. The third-order valence-electron chi connectivity index (χ3n) is 2.77. The lowest BCUT2D eigenvalue weighted by Gasteiger charge is -2.01. The van der Waals surface area contributed by atoms with Gasteiger partial charge in [-0.25, -0.2) is 0 Å². The van der Waals surface area contributed by atoms with Crippen LogP contribution in [0.4, 0.5) is 0 Å². The molecule has 0 saturated carbocycles. The molecule has 2 heteroatoms. The van der Waals surface area contributed by atoms with Gasteiger partial charge < -0.3 is 4.57 Å². The highest BCUT2D eigenvalue weighted by atomic mass is 16.1. The first kappa shape index (κ1) is 10.0. The zero-order valence-corrected chi connectivity index (χ0v) is 9.06. The van der Waals surface area contributed by atoms with Gasteiger partial charge in [0, 0.05) is 19.7 Å². The number of ketones is 1. The molecular weight excluding hydrogens is 162 g/mol. The van der Waals surface area contributed by atoms with Crippen LogP contribution in [0.25, 0.3) is 0 Å². The molecule has 0 fully saturated rings. The van der Waals surface area contributed by atoms with Crippen molar-refractivity contribution >= 4 is 5.78 Å². The summed E-state index contributed by atoms with van der Waals surface area (Å²) in [4.78, 5) is 11.3. The van der Waals surface area contributed by atoms with Crippen molar-refractivity contribution in [3.8, 4) is 0 Å². The van der Waals surface area contributed by atoms with E-state index in [1.165, 1.54) is 11.3 Å². The molecule has 0 aliphatic heterocycles. The van der Waals surface area contributed by atoms with Crippen LogP contribution in [0, 0.1) is 13.8 Å². The fourth-order valence-electron chi connectivity index (χ4n) is 2.06. The second kappa shape index (κ2) is 3.36. The molecule has 0 aliphatic carbocycles.